The molecule has 0 fully saturated rings. The van der Waals surface area contributed by atoms with Crippen LogP contribution in [0.5, 0.6) is 11.5 Å². The number of hydrogen-bond acceptors (Lipinski definition) is 6. The number of fused-ring (bicyclic) bond motifs is 3. The first-order valence-electron chi connectivity index (χ1n) is 8.36. The van der Waals surface area contributed by atoms with Crippen molar-refractivity contribution in [3.05, 3.63) is 60.8 Å². The molecule has 0 spiro atoms. The second-order valence-electron chi connectivity index (χ2n) is 6.11. The highest BCUT2D eigenvalue weighted by molar-refractivity contribution is 5.90. The van der Waals surface area contributed by atoms with Crippen LogP contribution in [-0.4, -0.2) is 41.6 Å². The monoisotopic (exact) mass is 376 g/mol. The van der Waals surface area contributed by atoms with Crippen LogP contribution in [0.2, 0.25) is 0 Å². The fourth-order valence-electron chi connectivity index (χ4n) is 3.10. The molecule has 0 atom stereocenters. The molecule has 5 aromatic rings. The van der Waals surface area contributed by atoms with Crippen LogP contribution < -0.4 is 4.74 Å². The molecule has 9 heteroatoms. The Morgan fingerprint density at radius 1 is 1.04 bits per heavy atom. The average Bonchev–Trinajstić information content (AvgIpc) is 3.32. The van der Waals surface area contributed by atoms with Crippen molar-refractivity contribution in [1.29, 1.82) is 0 Å². The molecule has 0 amide bonds. The zero-order chi connectivity index (χ0) is 19.3. The number of phenolic OH excluding ortho intramolecular Hbond substituents is 1. The highest BCUT2D eigenvalue weighted by Crippen LogP contribution is 2.32. The first-order chi connectivity index (χ1) is 13.7. The van der Waals surface area contributed by atoms with Gasteiger partial charge < -0.3 is 9.84 Å². The van der Waals surface area contributed by atoms with Gasteiger partial charge in [0.1, 0.15) is 23.6 Å². The van der Waals surface area contributed by atoms with Crippen LogP contribution in [0, 0.1) is 5.82 Å². The van der Waals surface area contributed by atoms with Crippen LogP contribution in [0.3, 0.4) is 0 Å². The highest BCUT2D eigenvalue weighted by Gasteiger charge is 2.17. The van der Waals surface area contributed by atoms with Gasteiger partial charge in [-0.3, -0.25) is 4.40 Å². The number of nitrogens with zero attached hydrogens (tertiary/aromatic N) is 6. The predicted octanol–water partition coefficient (Wildman–Crippen LogP) is 2.98. The van der Waals surface area contributed by atoms with Gasteiger partial charge in [0.05, 0.1) is 29.9 Å². The minimum absolute atomic E-state index is 0.0238. The molecule has 0 saturated carbocycles. The molecule has 3 aromatic heterocycles. The first-order valence-corrected chi connectivity index (χ1v) is 8.36. The quantitative estimate of drug-likeness (QED) is 0.521. The lowest BCUT2D eigenvalue weighted by molar-refractivity contribution is 0.408. The molecule has 0 aliphatic rings. The van der Waals surface area contributed by atoms with Gasteiger partial charge >= 0.3 is 0 Å². The SMILES string of the molecule is COc1ccc(-c2nnc3c4cnn(-c5ccc(F)cc5)c4ncn23)c(O)c1. The predicted molar refractivity (Wildman–Crippen MR) is 99.0 cm³/mol. The fourth-order valence-corrected chi connectivity index (χ4v) is 3.10. The molecular formula is C19H13FN6O2. The van der Waals surface area contributed by atoms with Gasteiger partial charge in [0.25, 0.3) is 0 Å². The van der Waals surface area contributed by atoms with Crippen molar-refractivity contribution in [2.24, 2.45) is 0 Å². The second-order valence-corrected chi connectivity index (χ2v) is 6.11. The van der Waals surface area contributed by atoms with Crippen LogP contribution in [0.1, 0.15) is 0 Å². The Morgan fingerprint density at radius 3 is 2.61 bits per heavy atom. The summed E-state index contributed by atoms with van der Waals surface area (Å²) in [5.41, 5.74) is 2.29. The Balaban J connectivity index is 1.68. The summed E-state index contributed by atoms with van der Waals surface area (Å²) in [6.07, 6.45) is 3.20. The van der Waals surface area contributed by atoms with Gasteiger partial charge in [-0.1, -0.05) is 0 Å². The van der Waals surface area contributed by atoms with Crippen molar-refractivity contribution in [3.8, 4) is 28.6 Å². The summed E-state index contributed by atoms with van der Waals surface area (Å²) in [5, 5.41) is 23.8. The third-order valence-corrected chi connectivity index (χ3v) is 4.49. The Hall–Kier alpha value is -4.01. The van der Waals surface area contributed by atoms with Crippen LogP contribution >= 0.6 is 0 Å². The molecule has 138 valence electrons. The molecule has 0 radical (unpaired) electrons. The normalized spacial score (nSPS) is 11.4. The maximum absolute atomic E-state index is 13.2. The van der Waals surface area contributed by atoms with E-state index in [0.717, 1.165) is 0 Å². The molecule has 1 N–H and O–H groups in total. The minimum Gasteiger partial charge on any atom is -0.507 e. The topological polar surface area (TPSA) is 90.4 Å². The van der Waals surface area contributed by atoms with E-state index in [-0.39, 0.29) is 11.6 Å². The summed E-state index contributed by atoms with van der Waals surface area (Å²) in [7, 11) is 1.53. The molecule has 0 bridgehead atoms. The zero-order valence-electron chi connectivity index (χ0n) is 14.6. The van der Waals surface area contributed by atoms with Crippen molar-refractivity contribution in [2.75, 3.05) is 7.11 Å². The molecule has 0 aliphatic carbocycles. The standard InChI is InChI=1S/C19H13FN6O2/c1-28-13-6-7-14(16(27)8-13)18-23-24-19-15-9-22-26(17(15)21-10-25(18)19)12-4-2-11(20)3-5-12/h2-10,27H,1H3. The number of benzene rings is 2. The van der Waals surface area contributed by atoms with E-state index in [9.17, 15) is 9.50 Å². The number of hydrogen-bond donors (Lipinski definition) is 1. The van der Waals surface area contributed by atoms with E-state index in [2.05, 4.69) is 20.3 Å². The second kappa shape index (κ2) is 6.02. The lowest BCUT2D eigenvalue weighted by Gasteiger charge is -2.06. The number of rotatable bonds is 3. The Bertz CT molecular complexity index is 1330. The maximum Gasteiger partial charge on any atom is 0.175 e. The number of methoxy groups -OCH3 is 1. The third kappa shape index (κ3) is 2.37. The van der Waals surface area contributed by atoms with Gasteiger partial charge in [-0.05, 0) is 36.4 Å². The lowest BCUT2D eigenvalue weighted by atomic mass is 10.2. The lowest BCUT2D eigenvalue weighted by Crippen LogP contribution is -1.99. The molecule has 28 heavy (non-hydrogen) atoms. The fraction of sp³-hybridized carbons (Fsp3) is 0.0526. The van der Waals surface area contributed by atoms with E-state index in [1.165, 1.54) is 25.3 Å². The molecule has 0 aliphatic heterocycles. The summed E-state index contributed by atoms with van der Waals surface area (Å²) < 4.78 is 21.6. The van der Waals surface area contributed by atoms with Crippen LogP contribution in [0.15, 0.2) is 55.0 Å². The molecular weight excluding hydrogens is 363 g/mol. The van der Waals surface area contributed by atoms with Gasteiger partial charge in [0.2, 0.25) is 0 Å². The van der Waals surface area contributed by atoms with Gasteiger partial charge in [0, 0.05) is 6.07 Å². The summed E-state index contributed by atoms with van der Waals surface area (Å²) in [4.78, 5) is 4.47. The summed E-state index contributed by atoms with van der Waals surface area (Å²) in [6, 6.07) is 10.9. The van der Waals surface area contributed by atoms with E-state index in [4.69, 9.17) is 4.74 Å². The minimum atomic E-state index is -0.322. The number of aromatic hydroxyl groups is 1. The Kier molecular flexibility index (Phi) is 3.48. The van der Waals surface area contributed by atoms with E-state index in [1.54, 1.807) is 45.9 Å². The van der Waals surface area contributed by atoms with Crippen molar-refractivity contribution < 1.29 is 14.2 Å². The van der Waals surface area contributed by atoms with Crippen LogP contribution in [0.4, 0.5) is 4.39 Å². The van der Waals surface area contributed by atoms with E-state index in [1.807, 2.05) is 0 Å². The Labute approximate surface area is 157 Å². The number of aromatic nitrogens is 6. The highest BCUT2D eigenvalue weighted by atomic mass is 19.1. The van der Waals surface area contributed by atoms with Gasteiger partial charge in [-0.2, -0.15) is 5.10 Å². The first kappa shape index (κ1) is 16.2. The molecule has 8 nitrogen and oxygen atoms in total. The maximum atomic E-state index is 13.2. The number of phenols is 1. The van der Waals surface area contributed by atoms with E-state index in [0.29, 0.717) is 39.5 Å². The summed E-state index contributed by atoms with van der Waals surface area (Å²) in [6.45, 7) is 0. The number of ether oxygens (including phenoxy) is 1. The van der Waals surface area contributed by atoms with Gasteiger partial charge in [0.15, 0.2) is 17.1 Å². The average molecular weight is 376 g/mol. The molecule has 0 unspecified atom stereocenters. The van der Waals surface area contributed by atoms with Crippen molar-refractivity contribution in [1.82, 2.24) is 29.4 Å². The van der Waals surface area contributed by atoms with Gasteiger partial charge in [-0.15, -0.1) is 10.2 Å². The molecule has 0 saturated heterocycles. The third-order valence-electron chi connectivity index (χ3n) is 4.49. The summed E-state index contributed by atoms with van der Waals surface area (Å²) in [5.74, 6) is 0.683. The van der Waals surface area contributed by atoms with Crippen molar-refractivity contribution >= 4 is 16.7 Å². The summed E-state index contributed by atoms with van der Waals surface area (Å²) >= 11 is 0. The Morgan fingerprint density at radius 2 is 1.86 bits per heavy atom. The van der Waals surface area contributed by atoms with Crippen LogP contribution in [-0.2, 0) is 0 Å². The van der Waals surface area contributed by atoms with E-state index < -0.39 is 0 Å². The zero-order valence-corrected chi connectivity index (χ0v) is 14.6. The van der Waals surface area contributed by atoms with Gasteiger partial charge in [-0.25, -0.2) is 14.1 Å². The molecule has 3 heterocycles. The van der Waals surface area contributed by atoms with E-state index >= 15 is 0 Å². The van der Waals surface area contributed by atoms with Crippen LogP contribution in [0.25, 0.3) is 33.8 Å². The van der Waals surface area contributed by atoms with Crippen molar-refractivity contribution in [3.63, 3.8) is 0 Å². The molecule has 2 aromatic carbocycles. The largest absolute Gasteiger partial charge is 0.507 e. The molecule has 5 rings (SSSR count). The number of halogens is 1. The van der Waals surface area contributed by atoms with Crippen molar-refractivity contribution in [2.45, 2.75) is 0 Å². The smallest absolute Gasteiger partial charge is 0.175 e.